The van der Waals surface area contributed by atoms with Crippen LogP contribution in [0.25, 0.3) is 0 Å². The van der Waals surface area contributed by atoms with Gasteiger partial charge >= 0.3 is 0 Å². The highest BCUT2D eigenvalue weighted by molar-refractivity contribution is 5.80. The van der Waals surface area contributed by atoms with Crippen LogP contribution in [-0.2, 0) is 11.2 Å². The van der Waals surface area contributed by atoms with Gasteiger partial charge in [0.2, 0.25) is 5.91 Å². The lowest BCUT2D eigenvalue weighted by Crippen LogP contribution is -2.50. The molecule has 29 heavy (non-hydrogen) atoms. The predicted octanol–water partition coefficient (Wildman–Crippen LogP) is 1.51. The van der Waals surface area contributed by atoms with E-state index in [1.807, 2.05) is 24.4 Å². The van der Waals surface area contributed by atoms with Crippen LogP contribution in [-0.4, -0.2) is 79.0 Å². The van der Waals surface area contributed by atoms with Gasteiger partial charge in [0.15, 0.2) is 5.96 Å². The van der Waals surface area contributed by atoms with Gasteiger partial charge in [0.05, 0.1) is 6.54 Å². The highest BCUT2D eigenvalue weighted by atomic mass is 16.2. The fourth-order valence-electron chi connectivity index (χ4n) is 4.12. The number of amides is 1. The van der Waals surface area contributed by atoms with Gasteiger partial charge in [-0.2, -0.15) is 0 Å². The molecule has 0 radical (unpaired) electrons. The van der Waals surface area contributed by atoms with Crippen molar-refractivity contribution in [3.05, 3.63) is 30.1 Å². The van der Waals surface area contributed by atoms with Crippen LogP contribution in [0.5, 0.6) is 0 Å². The van der Waals surface area contributed by atoms with Gasteiger partial charge in [-0.15, -0.1) is 0 Å². The van der Waals surface area contributed by atoms with Crippen LogP contribution >= 0.6 is 0 Å². The number of carbonyl (C=O) groups is 1. The average molecular weight is 401 g/mol. The molecule has 0 atom stereocenters. The summed E-state index contributed by atoms with van der Waals surface area (Å²) in [4.78, 5) is 26.1. The Labute approximate surface area is 175 Å². The molecular formula is C22H36N6O. The summed E-state index contributed by atoms with van der Waals surface area (Å²) in [7, 11) is 0. The summed E-state index contributed by atoms with van der Waals surface area (Å²) in [6, 6.07) is 6.00. The van der Waals surface area contributed by atoms with E-state index >= 15 is 0 Å². The first-order valence-corrected chi connectivity index (χ1v) is 11.2. The molecule has 160 valence electrons. The van der Waals surface area contributed by atoms with Crippen LogP contribution in [0, 0.1) is 5.92 Å². The van der Waals surface area contributed by atoms with Gasteiger partial charge in [0.1, 0.15) is 0 Å². The number of aliphatic imine (C=N–C) groups is 1. The summed E-state index contributed by atoms with van der Waals surface area (Å²) in [5, 5.41) is 6.69. The van der Waals surface area contributed by atoms with E-state index in [0.717, 1.165) is 83.3 Å². The van der Waals surface area contributed by atoms with E-state index in [4.69, 9.17) is 4.99 Å². The summed E-state index contributed by atoms with van der Waals surface area (Å²) in [6.07, 6.45) is 7.33. The topological polar surface area (TPSA) is 72.9 Å². The second kappa shape index (κ2) is 11.8. The molecule has 2 fully saturated rings. The first kappa shape index (κ1) is 21.6. The van der Waals surface area contributed by atoms with Gasteiger partial charge in [-0.3, -0.25) is 19.7 Å². The van der Waals surface area contributed by atoms with E-state index in [1.54, 1.807) is 0 Å². The first-order chi connectivity index (χ1) is 14.3. The maximum atomic E-state index is 12.5. The SMILES string of the molecule is CCNC(=NCCN1CCN(C(=O)C2CCCC2)CC1)NCCc1ccccn1. The number of nitrogens with zero attached hydrogens (tertiary/aromatic N) is 4. The Kier molecular flexibility index (Phi) is 8.74. The Morgan fingerprint density at radius 1 is 1.17 bits per heavy atom. The fourth-order valence-corrected chi connectivity index (χ4v) is 4.12. The summed E-state index contributed by atoms with van der Waals surface area (Å²) in [5.74, 6) is 1.55. The molecule has 1 saturated heterocycles. The monoisotopic (exact) mass is 400 g/mol. The van der Waals surface area contributed by atoms with Gasteiger partial charge in [0.25, 0.3) is 0 Å². The number of aromatic nitrogens is 1. The Balaban J connectivity index is 1.35. The normalized spacial score (nSPS) is 18.8. The van der Waals surface area contributed by atoms with E-state index in [9.17, 15) is 4.79 Å². The van der Waals surface area contributed by atoms with Gasteiger partial charge in [0, 0.05) is 70.0 Å². The zero-order chi connectivity index (χ0) is 20.3. The van der Waals surface area contributed by atoms with E-state index in [0.29, 0.717) is 11.8 Å². The number of pyridine rings is 1. The average Bonchev–Trinajstić information content (AvgIpc) is 3.29. The minimum Gasteiger partial charge on any atom is -0.357 e. The van der Waals surface area contributed by atoms with Crippen molar-refractivity contribution in [2.45, 2.75) is 39.0 Å². The van der Waals surface area contributed by atoms with Gasteiger partial charge in [-0.25, -0.2) is 0 Å². The molecule has 7 nitrogen and oxygen atoms in total. The van der Waals surface area contributed by atoms with Crippen LogP contribution in [0.4, 0.5) is 0 Å². The summed E-state index contributed by atoms with van der Waals surface area (Å²) >= 11 is 0. The number of carbonyl (C=O) groups excluding carboxylic acids is 1. The summed E-state index contributed by atoms with van der Waals surface area (Å²) in [5.41, 5.74) is 1.08. The fraction of sp³-hybridized carbons (Fsp3) is 0.682. The second-order valence-corrected chi connectivity index (χ2v) is 7.91. The van der Waals surface area contributed by atoms with E-state index < -0.39 is 0 Å². The van der Waals surface area contributed by atoms with E-state index in [-0.39, 0.29) is 0 Å². The van der Waals surface area contributed by atoms with Crippen molar-refractivity contribution >= 4 is 11.9 Å². The molecule has 1 aromatic heterocycles. The van der Waals surface area contributed by atoms with Crippen LogP contribution in [0.1, 0.15) is 38.3 Å². The third-order valence-corrected chi connectivity index (χ3v) is 5.82. The largest absolute Gasteiger partial charge is 0.357 e. The highest BCUT2D eigenvalue weighted by Gasteiger charge is 2.29. The summed E-state index contributed by atoms with van der Waals surface area (Å²) in [6.45, 7) is 9.06. The number of piperazine rings is 1. The van der Waals surface area contributed by atoms with Crippen LogP contribution in [0.2, 0.25) is 0 Å². The number of nitrogens with one attached hydrogen (secondary N) is 2. The molecule has 1 aromatic rings. The summed E-state index contributed by atoms with van der Waals surface area (Å²) < 4.78 is 0. The third-order valence-electron chi connectivity index (χ3n) is 5.82. The minimum atomic E-state index is 0.297. The standard InChI is InChI=1S/C22H36N6O/c1-2-23-22(25-12-10-20-9-5-6-11-24-20)26-13-14-27-15-17-28(18-16-27)21(29)19-7-3-4-8-19/h5-6,9,11,19H,2-4,7-8,10,12-18H2,1H3,(H2,23,25,26). The zero-order valence-corrected chi connectivity index (χ0v) is 17.8. The highest BCUT2D eigenvalue weighted by Crippen LogP contribution is 2.26. The Bertz CT molecular complexity index is 636. The second-order valence-electron chi connectivity index (χ2n) is 7.91. The van der Waals surface area contributed by atoms with Crippen LogP contribution in [0.15, 0.2) is 29.4 Å². The molecule has 0 spiro atoms. The van der Waals surface area contributed by atoms with Crippen LogP contribution in [0.3, 0.4) is 0 Å². The van der Waals surface area contributed by atoms with Crippen molar-refractivity contribution in [2.75, 3.05) is 52.4 Å². The quantitative estimate of drug-likeness (QED) is 0.511. The zero-order valence-electron chi connectivity index (χ0n) is 17.8. The van der Waals surface area contributed by atoms with Crippen molar-refractivity contribution in [1.82, 2.24) is 25.4 Å². The maximum absolute atomic E-state index is 12.5. The smallest absolute Gasteiger partial charge is 0.225 e. The van der Waals surface area contributed by atoms with Crippen LogP contribution < -0.4 is 10.6 Å². The van der Waals surface area contributed by atoms with Crippen molar-refractivity contribution in [2.24, 2.45) is 10.9 Å². The maximum Gasteiger partial charge on any atom is 0.225 e. The number of hydrogen-bond donors (Lipinski definition) is 2. The first-order valence-electron chi connectivity index (χ1n) is 11.2. The lowest BCUT2D eigenvalue weighted by molar-refractivity contribution is -0.137. The van der Waals surface area contributed by atoms with Crippen molar-refractivity contribution in [1.29, 1.82) is 0 Å². The van der Waals surface area contributed by atoms with Gasteiger partial charge in [-0.05, 0) is 31.9 Å². The predicted molar refractivity (Wildman–Crippen MR) is 117 cm³/mol. The van der Waals surface area contributed by atoms with Gasteiger partial charge < -0.3 is 15.5 Å². The Morgan fingerprint density at radius 2 is 1.97 bits per heavy atom. The molecule has 1 amide bonds. The molecule has 2 N–H and O–H groups in total. The molecule has 0 unspecified atom stereocenters. The number of hydrogen-bond acceptors (Lipinski definition) is 4. The molecule has 1 saturated carbocycles. The Hall–Kier alpha value is -2.15. The molecule has 2 heterocycles. The number of guanidine groups is 1. The molecule has 1 aliphatic heterocycles. The number of rotatable bonds is 8. The van der Waals surface area contributed by atoms with Crippen molar-refractivity contribution in [3.63, 3.8) is 0 Å². The molecular weight excluding hydrogens is 364 g/mol. The molecule has 1 aliphatic carbocycles. The molecule has 7 heteroatoms. The lowest BCUT2D eigenvalue weighted by atomic mass is 10.1. The molecule has 0 bridgehead atoms. The lowest BCUT2D eigenvalue weighted by Gasteiger charge is -2.35. The molecule has 2 aliphatic rings. The molecule has 3 rings (SSSR count). The van der Waals surface area contributed by atoms with E-state index in [1.165, 1.54) is 12.8 Å². The van der Waals surface area contributed by atoms with Crippen molar-refractivity contribution in [3.8, 4) is 0 Å². The molecule has 0 aromatic carbocycles. The van der Waals surface area contributed by atoms with Gasteiger partial charge in [-0.1, -0.05) is 18.9 Å². The third kappa shape index (κ3) is 6.99. The van der Waals surface area contributed by atoms with E-state index in [2.05, 4.69) is 32.3 Å². The minimum absolute atomic E-state index is 0.297. The van der Waals surface area contributed by atoms with Crippen molar-refractivity contribution < 1.29 is 4.79 Å². The Morgan fingerprint density at radius 3 is 2.66 bits per heavy atom.